The van der Waals surface area contributed by atoms with Crippen molar-refractivity contribution in [1.29, 1.82) is 0 Å². The number of amides is 1. The fourth-order valence-corrected chi connectivity index (χ4v) is 2.57. The minimum atomic E-state index is -0.0730. The monoisotopic (exact) mass is 275 g/mol. The van der Waals surface area contributed by atoms with Crippen LogP contribution < -0.4 is 11.1 Å². The van der Waals surface area contributed by atoms with E-state index in [1.165, 1.54) is 0 Å². The van der Waals surface area contributed by atoms with Gasteiger partial charge in [0.05, 0.1) is 12.5 Å². The Labute approximate surface area is 116 Å². The van der Waals surface area contributed by atoms with Gasteiger partial charge >= 0.3 is 0 Å². The highest BCUT2D eigenvalue weighted by atomic mass is 32.1. The molecule has 1 heterocycles. The normalized spacial score (nSPS) is 12.1. The first-order chi connectivity index (χ1) is 9.06. The second kappa shape index (κ2) is 5.84. The summed E-state index contributed by atoms with van der Waals surface area (Å²) in [5, 5.41) is 3.86. The average molecular weight is 275 g/mol. The van der Waals surface area contributed by atoms with Crippen LogP contribution in [0.3, 0.4) is 0 Å². The number of hydrogen-bond donors (Lipinski definition) is 2. The van der Waals surface area contributed by atoms with Crippen molar-refractivity contribution in [2.75, 3.05) is 5.73 Å². The van der Waals surface area contributed by atoms with Crippen LogP contribution in [0.15, 0.2) is 30.5 Å². The van der Waals surface area contributed by atoms with Crippen molar-refractivity contribution in [1.82, 2.24) is 10.3 Å². The number of thiazole rings is 1. The van der Waals surface area contributed by atoms with E-state index in [0.29, 0.717) is 12.1 Å². The summed E-state index contributed by atoms with van der Waals surface area (Å²) < 4.78 is 0. The molecule has 100 valence electrons. The predicted octanol–water partition coefficient (Wildman–Crippen LogP) is 2.45. The molecule has 0 aliphatic rings. The number of carbonyl (C=O) groups is 1. The van der Waals surface area contributed by atoms with Crippen molar-refractivity contribution < 1.29 is 4.79 Å². The first-order valence-electron chi connectivity index (χ1n) is 6.11. The smallest absolute Gasteiger partial charge is 0.225 e. The summed E-state index contributed by atoms with van der Waals surface area (Å²) in [6, 6.07) is 7.34. The van der Waals surface area contributed by atoms with Crippen molar-refractivity contribution in [3.63, 3.8) is 0 Å². The quantitative estimate of drug-likeness (QED) is 0.842. The Balaban J connectivity index is 1.96. The van der Waals surface area contributed by atoms with Crippen molar-refractivity contribution in [3.8, 4) is 0 Å². The SMILES string of the molecule is Cc1cnc(C(C)NC(=O)Cc2ccccc2N)s1. The molecule has 0 aliphatic heterocycles. The molecule has 4 nitrogen and oxygen atoms in total. The number of para-hydroxylation sites is 1. The molecule has 1 aromatic heterocycles. The van der Waals surface area contributed by atoms with Gasteiger partial charge in [-0.3, -0.25) is 4.79 Å². The molecule has 0 radical (unpaired) electrons. The Morgan fingerprint density at radius 1 is 1.47 bits per heavy atom. The zero-order valence-electron chi connectivity index (χ0n) is 11.0. The molecule has 1 aromatic carbocycles. The van der Waals surface area contributed by atoms with Gasteiger partial charge in [-0.1, -0.05) is 18.2 Å². The zero-order valence-corrected chi connectivity index (χ0v) is 11.8. The molecule has 19 heavy (non-hydrogen) atoms. The minimum Gasteiger partial charge on any atom is -0.398 e. The summed E-state index contributed by atoms with van der Waals surface area (Å²) in [5.41, 5.74) is 7.32. The summed E-state index contributed by atoms with van der Waals surface area (Å²) in [6.07, 6.45) is 2.11. The Hall–Kier alpha value is -1.88. The first-order valence-corrected chi connectivity index (χ1v) is 6.93. The van der Waals surface area contributed by atoms with Crippen LogP contribution in [0.5, 0.6) is 0 Å². The molecule has 5 heteroatoms. The Morgan fingerprint density at radius 2 is 2.21 bits per heavy atom. The van der Waals surface area contributed by atoms with E-state index in [9.17, 15) is 4.79 Å². The Kier molecular flexibility index (Phi) is 4.16. The van der Waals surface area contributed by atoms with Crippen LogP contribution in [-0.4, -0.2) is 10.9 Å². The topological polar surface area (TPSA) is 68.0 Å². The molecular formula is C14H17N3OS. The van der Waals surface area contributed by atoms with Gasteiger partial charge in [0.1, 0.15) is 5.01 Å². The second-order valence-electron chi connectivity index (χ2n) is 4.47. The van der Waals surface area contributed by atoms with Crippen LogP contribution in [-0.2, 0) is 11.2 Å². The highest BCUT2D eigenvalue weighted by Crippen LogP contribution is 2.19. The van der Waals surface area contributed by atoms with Crippen molar-refractivity contribution in [2.24, 2.45) is 0 Å². The van der Waals surface area contributed by atoms with E-state index in [0.717, 1.165) is 15.4 Å². The van der Waals surface area contributed by atoms with E-state index in [1.54, 1.807) is 17.4 Å². The number of hydrogen-bond acceptors (Lipinski definition) is 4. The summed E-state index contributed by atoms with van der Waals surface area (Å²) in [7, 11) is 0. The highest BCUT2D eigenvalue weighted by Gasteiger charge is 2.13. The van der Waals surface area contributed by atoms with Gasteiger partial charge in [-0.15, -0.1) is 11.3 Å². The fourth-order valence-electron chi connectivity index (χ4n) is 1.79. The lowest BCUT2D eigenvalue weighted by atomic mass is 10.1. The third kappa shape index (κ3) is 3.54. The summed E-state index contributed by atoms with van der Waals surface area (Å²) >= 11 is 1.60. The molecule has 3 N–H and O–H groups in total. The maximum atomic E-state index is 12.0. The Bertz CT molecular complexity index is 580. The lowest BCUT2D eigenvalue weighted by Gasteiger charge is -2.12. The third-order valence-corrected chi connectivity index (χ3v) is 3.89. The molecule has 1 amide bonds. The number of nitrogens with zero attached hydrogens (tertiary/aromatic N) is 1. The molecule has 0 saturated heterocycles. The van der Waals surface area contributed by atoms with E-state index in [2.05, 4.69) is 10.3 Å². The van der Waals surface area contributed by atoms with Crippen LogP contribution in [0, 0.1) is 6.92 Å². The molecule has 1 atom stereocenters. The van der Waals surface area contributed by atoms with Gasteiger partial charge in [0.2, 0.25) is 5.91 Å². The van der Waals surface area contributed by atoms with Gasteiger partial charge < -0.3 is 11.1 Å². The molecular weight excluding hydrogens is 258 g/mol. The van der Waals surface area contributed by atoms with Gasteiger partial charge in [0, 0.05) is 16.8 Å². The van der Waals surface area contributed by atoms with Crippen molar-refractivity contribution >= 4 is 22.9 Å². The molecule has 1 unspecified atom stereocenters. The van der Waals surface area contributed by atoms with Crippen LogP contribution in [0.4, 0.5) is 5.69 Å². The molecule has 2 rings (SSSR count). The Morgan fingerprint density at radius 3 is 2.84 bits per heavy atom. The van der Waals surface area contributed by atoms with E-state index in [-0.39, 0.29) is 11.9 Å². The zero-order chi connectivity index (χ0) is 13.8. The number of benzene rings is 1. The number of nitrogens with two attached hydrogens (primary N) is 1. The van der Waals surface area contributed by atoms with Gasteiger partial charge in [-0.2, -0.15) is 0 Å². The minimum absolute atomic E-state index is 0.0433. The number of nitrogen functional groups attached to an aromatic ring is 1. The number of aryl methyl sites for hydroxylation is 1. The molecule has 0 fully saturated rings. The second-order valence-corrected chi connectivity index (χ2v) is 5.74. The number of rotatable bonds is 4. The van der Waals surface area contributed by atoms with E-state index >= 15 is 0 Å². The lowest BCUT2D eigenvalue weighted by molar-refractivity contribution is -0.121. The molecule has 0 saturated carbocycles. The number of carbonyl (C=O) groups excluding carboxylic acids is 1. The van der Waals surface area contributed by atoms with Gasteiger partial charge in [-0.25, -0.2) is 4.98 Å². The molecule has 0 spiro atoms. The molecule has 0 bridgehead atoms. The predicted molar refractivity (Wildman–Crippen MR) is 78.0 cm³/mol. The van der Waals surface area contributed by atoms with Crippen LogP contribution in [0.1, 0.15) is 28.4 Å². The number of aromatic nitrogens is 1. The summed E-state index contributed by atoms with van der Waals surface area (Å²) in [4.78, 5) is 17.4. The van der Waals surface area contributed by atoms with Crippen LogP contribution in [0.2, 0.25) is 0 Å². The highest BCUT2D eigenvalue weighted by molar-refractivity contribution is 7.11. The largest absolute Gasteiger partial charge is 0.398 e. The fraction of sp³-hybridized carbons (Fsp3) is 0.286. The van der Waals surface area contributed by atoms with Crippen LogP contribution in [0.25, 0.3) is 0 Å². The summed E-state index contributed by atoms with van der Waals surface area (Å²) in [6.45, 7) is 3.94. The standard InChI is InChI=1S/C14H17N3OS/c1-9-8-16-14(19-9)10(2)17-13(18)7-11-5-3-4-6-12(11)15/h3-6,8,10H,7,15H2,1-2H3,(H,17,18). The van der Waals surface area contributed by atoms with Crippen molar-refractivity contribution in [3.05, 3.63) is 45.9 Å². The maximum absolute atomic E-state index is 12.0. The average Bonchev–Trinajstić information content (AvgIpc) is 2.79. The lowest BCUT2D eigenvalue weighted by Crippen LogP contribution is -2.28. The molecule has 0 aliphatic carbocycles. The van der Waals surface area contributed by atoms with Gasteiger partial charge in [0.25, 0.3) is 0 Å². The van der Waals surface area contributed by atoms with E-state index < -0.39 is 0 Å². The van der Waals surface area contributed by atoms with E-state index in [1.807, 2.05) is 38.2 Å². The van der Waals surface area contributed by atoms with Gasteiger partial charge in [0.15, 0.2) is 0 Å². The first kappa shape index (κ1) is 13.5. The maximum Gasteiger partial charge on any atom is 0.225 e. The summed E-state index contributed by atoms with van der Waals surface area (Å²) in [5.74, 6) is -0.0433. The van der Waals surface area contributed by atoms with Crippen LogP contribution >= 0.6 is 11.3 Å². The van der Waals surface area contributed by atoms with Crippen molar-refractivity contribution in [2.45, 2.75) is 26.3 Å². The van der Waals surface area contributed by atoms with Gasteiger partial charge in [-0.05, 0) is 25.5 Å². The third-order valence-electron chi connectivity index (χ3n) is 2.79. The molecule has 2 aromatic rings. The number of anilines is 1. The van der Waals surface area contributed by atoms with E-state index in [4.69, 9.17) is 5.73 Å². The number of nitrogens with one attached hydrogen (secondary N) is 1.